The first-order chi connectivity index (χ1) is 8.79. The van der Waals surface area contributed by atoms with Crippen molar-refractivity contribution in [3.63, 3.8) is 0 Å². The lowest BCUT2D eigenvalue weighted by atomic mass is 10.0. The quantitative estimate of drug-likeness (QED) is 0.722. The Morgan fingerprint density at radius 2 is 2.00 bits per heavy atom. The minimum absolute atomic E-state index is 0.403. The van der Waals surface area contributed by atoms with Gasteiger partial charge in [0.05, 0.1) is 19.0 Å². The fraction of sp³-hybridized carbons (Fsp3) is 0.0714. The van der Waals surface area contributed by atoms with Crippen molar-refractivity contribution in [1.82, 2.24) is 9.97 Å². The van der Waals surface area contributed by atoms with Crippen LogP contribution < -0.4 is 10.5 Å². The number of nitrogens with two attached hydrogens (primary N) is 1. The van der Waals surface area contributed by atoms with E-state index in [1.807, 2.05) is 24.3 Å². The molecule has 0 saturated heterocycles. The van der Waals surface area contributed by atoms with Crippen molar-refractivity contribution in [3.05, 3.63) is 42.6 Å². The first kappa shape index (κ1) is 10.7. The molecule has 0 aliphatic rings. The Morgan fingerprint density at radius 3 is 2.72 bits per heavy atom. The van der Waals surface area contributed by atoms with Crippen LogP contribution in [0.2, 0.25) is 0 Å². The summed E-state index contributed by atoms with van der Waals surface area (Å²) in [6.07, 6.45) is 1.71. The second-order valence-corrected chi connectivity index (χ2v) is 4.05. The molecule has 18 heavy (non-hydrogen) atoms. The number of rotatable bonds is 2. The maximum Gasteiger partial charge on any atom is 0.197 e. The van der Waals surface area contributed by atoms with Crippen LogP contribution in [0.3, 0.4) is 0 Å². The van der Waals surface area contributed by atoms with E-state index in [1.165, 1.54) is 0 Å². The minimum Gasteiger partial charge on any atom is -0.495 e. The molecule has 2 aromatic carbocycles. The summed E-state index contributed by atoms with van der Waals surface area (Å²) < 4.78 is 5.53. The van der Waals surface area contributed by atoms with E-state index in [1.54, 1.807) is 13.3 Å². The topological polar surface area (TPSA) is 63.9 Å². The van der Waals surface area contributed by atoms with Crippen LogP contribution in [0.4, 0.5) is 5.95 Å². The molecule has 0 fully saturated rings. The van der Waals surface area contributed by atoms with Gasteiger partial charge in [-0.05, 0) is 11.5 Å². The molecule has 0 bridgehead atoms. The summed E-state index contributed by atoms with van der Waals surface area (Å²) in [6, 6.07) is 12.2. The van der Waals surface area contributed by atoms with Crippen molar-refractivity contribution in [2.75, 3.05) is 12.8 Å². The largest absolute Gasteiger partial charge is 0.495 e. The van der Waals surface area contributed by atoms with Gasteiger partial charge in [0, 0.05) is 10.9 Å². The number of aromatic amines is 1. The van der Waals surface area contributed by atoms with Gasteiger partial charge in [-0.3, -0.25) is 0 Å². The van der Waals surface area contributed by atoms with E-state index in [9.17, 15) is 0 Å². The number of ether oxygens (including phenoxy) is 1. The van der Waals surface area contributed by atoms with E-state index in [0.29, 0.717) is 5.95 Å². The van der Waals surface area contributed by atoms with Crippen LogP contribution in [0.1, 0.15) is 0 Å². The van der Waals surface area contributed by atoms with E-state index in [-0.39, 0.29) is 0 Å². The number of hydrogen-bond donors (Lipinski definition) is 2. The Morgan fingerprint density at radius 1 is 1.17 bits per heavy atom. The number of anilines is 1. The van der Waals surface area contributed by atoms with E-state index < -0.39 is 0 Å². The molecule has 1 aromatic heterocycles. The van der Waals surface area contributed by atoms with Gasteiger partial charge in [-0.1, -0.05) is 30.3 Å². The summed E-state index contributed by atoms with van der Waals surface area (Å²) in [5.74, 6) is 1.23. The summed E-state index contributed by atoms with van der Waals surface area (Å²) in [7, 11) is 1.67. The van der Waals surface area contributed by atoms with Gasteiger partial charge in [-0.2, -0.15) is 0 Å². The zero-order chi connectivity index (χ0) is 12.5. The third-order valence-corrected chi connectivity index (χ3v) is 2.97. The van der Waals surface area contributed by atoms with Crippen LogP contribution in [0.5, 0.6) is 5.75 Å². The molecule has 4 heteroatoms. The number of methoxy groups -OCH3 is 1. The Balaban J connectivity index is 2.29. The first-order valence-electron chi connectivity index (χ1n) is 5.66. The molecule has 3 N–H and O–H groups in total. The van der Waals surface area contributed by atoms with E-state index in [0.717, 1.165) is 27.8 Å². The van der Waals surface area contributed by atoms with Gasteiger partial charge in [0.2, 0.25) is 0 Å². The molecule has 0 spiro atoms. The predicted octanol–water partition coefficient (Wildman–Crippen LogP) is 2.82. The van der Waals surface area contributed by atoms with Crippen LogP contribution in [-0.2, 0) is 0 Å². The fourth-order valence-corrected chi connectivity index (χ4v) is 2.15. The van der Waals surface area contributed by atoms with Crippen molar-refractivity contribution in [3.8, 4) is 17.0 Å². The molecule has 0 aliphatic carbocycles. The molecular formula is C14H13N3O. The van der Waals surface area contributed by atoms with Crippen molar-refractivity contribution in [1.29, 1.82) is 0 Å². The van der Waals surface area contributed by atoms with Gasteiger partial charge < -0.3 is 15.5 Å². The minimum atomic E-state index is 0.403. The Labute approximate surface area is 104 Å². The molecule has 0 aliphatic heterocycles. The third-order valence-electron chi connectivity index (χ3n) is 2.97. The number of nitrogens with one attached hydrogen (secondary N) is 1. The molecule has 0 unspecified atom stereocenters. The second-order valence-electron chi connectivity index (χ2n) is 4.05. The number of fused-ring (bicyclic) bond motifs is 1. The van der Waals surface area contributed by atoms with Gasteiger partial charge in [0.1, 0.15) is 5.75 Å². The number of aromatic nitrogens is 2. The predicted molar refractivity (Wildman–Crippen MR) is 72.5 cm³/mol. The lowest BCUT2D eigenvalue weighted by Crippen LogP contribution is -1.90. The standard InChI is InChI=1S/C14H13N3O/c1-18-13-10-5-3-2-4-9(10)6-7-11(13)12-8-16-14(15)17-12/h2-8H,1H3,(H3,15,16,17). The maximum atomic E-state index is 5.61. The first-order valence-corrected chi connectivity index (χ1v) is 5.66. The lowest BCUT2D eigenvalue weighted by Gasteiger charge is -2.10. The van der Waals surface area contributed by atoms with Crippen molar-refractivity contribution in [2.24, 2.45) is 0 Å². The molecule has 90 valence electrons. The van der Waals surface area contributed by atoms with Gasteiger partial charge in [0.15, 0.2) is 5.95 Å². The average Bonchev–Trinajstić information content (AvgIpc) is 2.84. The molecule has 4 nitrogen and oxygen atoms in total. The van der Waals surface area contributed by atoms with Crippen LogP contribution in [-0.4, -0.2) is 17.1 Å². The summed E-state index contributed by atoms with van der Waals surface area (Å²) in [6.45, 7) is 0. The summed E-state index contributed by atoms with van der Waals surface area (Å²) in [5, 5.41) is 2.22. The van der Waals surface area contributed by atoms with E-state index >= 15 is 0 Å². The number of benzene rings is 2. The number of nitrogens with zero attached hydrogens (tertiary/aromatic N) is 1. The molecule has 0 radical (unpaired) electrons. The highest BCUT2D eigenvalue weighted by molar-refractivity contribution is 5.94. The normalized spacial score (nSPS) is 10.7. The molecule has 1 heterocycles. The van der Waals surface area contributed by atoms with Crippen molar-refractivity contribution < 1.29 is 4.74 Å². The van der Waals surface area contributed by atoms with Gasteiger partial charge in [-0.15, -0.1) is 0 Å². The second kappa shape index (κ2) is 4.07. The highest BCUT2D eigenvalue weighted by Crippen LogP contribution is 2.35. The van der Waals surface area contributed by atoms with Crippen LogP contribution in [0.25, 0.3) is 22.0 Å². The molecular weight excluding hydrogens is 226 g/mol. The number of nitrogen functional groups attached to an aromatic ring is 1. The maximum absolute atomic E-state index is 5.61. The SMILES string of the molecule is COc1c(-c2cnc(N)[nH]2)ccc2ccccc12. The molecule has 0 atom stereocenters. The Bertz CT molecular complexity index is 703. The van der Waals surface area contributed by atoms with Crippen molar-refractivity contribution >= 4 is 16.7 Å². The highest BCUT2D eigenvalue weighted by Gasteiger charge is 2.11. The van der Waals surface area contributed by atoms with E-state index in [2.05, 4.69) is 22.1 Å². The fourth-order valence-electron chi connectivity index (χ4n) is 2.15. The Hall–Kier alpha value is -2.49. The monoisotopic (exact) mass is 239 g/mol. The summed E-state index contributed by atoms with van der Waals surface area (Å²) >= 11 is 0. The molecule has 3 aromatic rings. The number of imidazole rings is 1. The van der Waals surface area contributed by atoms with Crippen LogP contribution in [0.15, 0.2) is 42.6 Å². The van der Waals surface area contributed by atoms with Crippen LogP contribution in [0, 0.1) is 0 Å². The van der Waals surface area contributed by atoms with Gasteiger partial charge in [0.25, 0.3) is 0 Å². The molecule has 0 amide bonds. The zero-order valence-electron chi connectivity index (χ0n) is 9.97. The van der Waals surface area contributed by atoms with E-state index in [4.69, 9.17) is 10.5 Å². The number of hydrogen-bond acceptors (Lipinski definition) is 3. The number of H-pyrrole nitrogens is 1. The summed E-state index contributed by atoms with van der Waals surface area (Å²) in [4.78, 5) is 7.03. The highest BCUT2D eigenvalue weighted by atomic mass is 16.5. The van der Waals surface area contributed by atoms with Gasteiger partial charge in [-0.25, -0.2) is 4.98 Å². The summed E-state index contributed by atoms with van der Waals surface area (Å²) in [5.41, 5.74) is 7.43. The average molecular weight is 239 g/mol. The lowest BCUT2D eigenvalue weighted by molar-refractivity contribution is 0.421. The smallest absolute Gasteiger partial charge is 0.197 e. The third kappa shape index (κ3) is 1.59. The molecule has 0 saturated carbocycles. The van der Waals surface area contributed by atoms with Crippen molar-refractivity contribution in [2.45, 2.75) is 0 Å². The van der Waals surface area contributed by atoms with Gasteiger partial charge >= 0.3 is 0 Å². The Kier molecular flexibility index (Phi) is 2.41. The molecule has 3 rings (SSSR count). The zero-order valence-corrected chi connectivity index (χ0v) is 9.97. The van der Waals surface area contributed by atoms with Crippen LogP contribution >= 0.6 is 0 Å².